The lowest BCUT2D eigenvalue weighted by atomic mass is 10.2. The summed E-state index contributed by atoms with van der Waals surface area (Å²) < 4.78 is 39.6. The van der Waals surface area contributed by atoms with Gasteiger partial charge >= 0.3 is 6.36 Å². The van der Waals surface area contributed by atoms with Gasteiger partial charge in [-0.3, -0.25) is 0 Å². The Balaban J connectivity index is 3.14. The number of halogens is 5. The van der Waals surface area contributed by atoms with Gasteiger partial charge in [-0.05, 0) is 12.1 Å². The topological polar surface area (TPSA) is 35.2 Å². The maximum atomic E-state index is 12.0. The minimum absolute atomic E-state index is 0.0215. The summed E-state index contributed by atoms with van der Waals surface area (Å²) in [5.74, 6) is -0.647. The van der Waals surface area contributed by atoms with Gasteiger partial charge in [-0.25, -0.2) is 0 Å². The van der Waals surface area contributed by atoms with Crippen LogP contribution in [0.3, 0.4) is 0 Å². The number of nitrogens with two attached hydrogens (primary N) is 1. The molecule has 2 nitrogen and oxygen atoms in total. The van der Waals surface area contributed by atoms with Crippen molar-refractivity contribution in [1.29, 1.82) is 0 Å². The molecule has 0 fully saturated rings. The van der Waals surface area contributed by atoms with Crippen molar-refractivity contribution < 1.29 is 17.9 Å². The van der Waals surface area contributed by atoms with E-state index >= 15 is 0 Å². The van der Waals surface area contributed by atoms with Crippen molar-refractivity contribution in [3.63, 3.8) is 0 Å². The molecule has 0 saturated carbocycles. The van der Waals surface area contributed by atoms with Gasteiger partial charge in [-0.2, -0.15) is 0 Å². The molecule has 1 aromatic carbocycles. The maximum absolute atomic E-state index is 12.0. The van der Waals surface area contributed by atoms with E-state index in [1.54, 1.807) is 0 Å². The molecule has 2 N–H and O–H groups in total. The molecule has 0 aromatic heterocycles. The highest BCUT2D eigenvalue weighted by Gasteiger charge is 2.32. The Morgan fingerprint density at radius 1 is 1.33 bits per heavy atom. The summed E-state index contributed by atoms with van der Waals surface area (Å²) in [7, 11) is 0. The maximum Gasteiger partial charge on any atom is 0.573 e. The van der Waals surface area contributed by atoms with Crippen LogP contribution >= 0.6 is 23.2 Å². The lowest BCUT2D eigenvalue weighted by Crippen LogP contribution is -2.18. The number of benzene rings is 1. The smallest absolute Gasteiger partial charge is 0.405 e. The molecule has 84 valence electrons. The average molecular weight is 260 g/mol. The van der Waals surface area contributed by atoms with E-state index in [1.807, 2.05) is 0 Å². The lowest BCUT2D eigenvalue weighted by Gasteiger charge is -2.13. The van der Waals surface area contributed by atoms with Crippen LogP contribution in [0.1, 0.15) is 5.56 Å². The molecule has 0 atom stereocenters. The second kappa shape index (κ2) is 4.37. The van der Waals surface area contributed by atoms with Crippen molar-refractivity contribution in [2.45, 2.75) is 12.2 Å². The monoisotopic (exact) mass is 259 g/mol. The predicted molar refractivity (Wildman–Crippen MR) is 52.1 cm³/mol. The first-order chi connectivity index (χ1) is 6.85. The third-order valence-electron chi connectivity index (χ3n) is 1.59. The summed E-state index contributed by atoms with van der Waals surface area (Å²) in [6.07, 6.45) is -4.78. The largest absolute Gasteiger partial charge is 0.573 e. The number of alkyl halides is 4. The Morgan fingerprint density at radius 3 is 2.40 bits per heavy atom. The molecule has 0 aliphatic rings. The van der Waals surface area contributed by atoms with E-state index in [-0.39, 0.29) is 22.2 Å². The van der Waals surface area contributed by atoms with Gasteiger partial charge in [0.15, 0.2) is 0 Å². The zero-order valence-corrected chi connectivity index (χ0v) is 8.75. The molecule has 0 amide bonds. The second-order valence-corrected chi connectivity index (χ2v) is 3.27. The van der Waals surface area contributed by atoms with Gasteiger partial charge < -0.3 is 10.5 Å². The molecular weight excluding hydrogens is 254 g/mol. The van der Waals surface area contributed by atoms with Crippen molar-refractivity contribution in [2.75, 3.05) is 5.73 Å². The first kappa shape index (κ1) is 12.3. The van der Waals surface area contributed by atoms with Crippen LogP contribution in [0.2, 0.25) is 5.02 Å². The summed E-state index contributed by atoms with van der Waals surface area (Å²) in [5, 5.41) is -0.0215. The molecule has 0 saturated heterocycles. The highest BCUT2D eigenvalue weighted by atomic mass is 35.5. The van der Waals surface area contributed by atoms with Gasteiger partial charge in [0.25, 0.3) is 0 Å². The van der Waals surface area contributed by atoms with Crippen molar-refractivity contribution in [3.05, 3.63) is 22.7 Å². The van der Waals surface area contributed by atoms with Crippen molar-refractivity contribution in [1.82, 2.24) is 0 Å². The third kappa shape index (κ3) is 3.07. The Morgan fingerprint density at radius 2 is 1.93 bits per heavy atom. The fourth-order valence-corrected chi connectivity index (χ4v) is 1.52. The van der Waals surface area contributed by atoms with Crippen LogP contribution in [0, 0.1) is 0 Å². The quantitative estimate of drug-likeness (QED) is 0.651. The first-order valence-corrected chi connectivity index (χ1v) is 4.65. The molecule has 1 aromatic rings. The van der Waals surface area contributed by atoms with E-state index in [9.17, 15) is 13.2 Å². The first-order valence-electron chi connectivity index (χ1n) is 3.73. The third-order valence-corrected chi connectivity index (χ3v) is 2.30. The zero-order valence-electron chi connectivity index (χ0n) is 7.24. The van der Waals surface area contributed by atoms with Crippen LogP contribution in [0.5, 0.6) is 5.75 Å². The highest BCUT2D eigenvalue weighted by Crippen LogP contribution is 2.35. The van der Waals surface area contributed by atoms with Gasteiger partial charge in [0.1, 0.15) is 5.75 Å². The number of hydrogen-bond acceptors (Lipinski definition) is 2. The van der Waals surface area contributed by atoms with Crippen LogP contribution in [0.15, 0.2) is 12.1 Å². The van der Waals surface area contributed by atoms with Crippen molar-refractivity contribution in [3.8, 4) is 5.75 Å². The van der Waals surface area contributed by atoms with E-state index in [0.717, 1.165) is 6.07 Å². The average Bonchev–Trinajstić information content (AvgIpc) is 2.10. The Bertz CT molecular complexity index is 368. The number of nitrogen functional groups attached to an aromatic ring is 1. The Hall–Kier alpha value is -0.810. The van der Waals surface area contributed by atoms with Gasteiger partial charge in [0.05, 0.1) is 16.6 Å². The summed E-state index contributed by atoms with van der Waals surface area (Å²) >= 11 is 11.1. The van der Waals surface area contributed by atoms with E-state index in [4.69, 9.17) is 28.9 Å². The number of hydrogen-bond donors (Lipinski definition) is 1. The Labute approximate surface area is 93.7 Å². The molecule has 0 radical (unpaired) electrons. The molecule has 0 heterocycles. The Kier molecular flexibility index (Phi) is 3.57. The fourth-order valence-electron chi connectivity index (χ4n) is 0.966. The molecule has 0 spiro atoms. The van der Waals surface area contributed by atoms with Crippen LogP contribution in [-0.4, -0.2) is 6.36 Å². The highest BCUT2D eigenvalue weighted by molar-refractivity contribution is 6.34. The summed E-state index contributed by atoms with van der Waals surface area (Å²) in [6, 6.07) is 2.30. The van der Waals surface area contributed by atoms with Crippen molar-refractivity contribution in [2.24, 2.45) is 0 Å². The molecule has 0 aliphatic carbocycles. The minimum Gasteiger partial charge on any atom is -0.405 e. The fraction of sp³-hybridized carbons (Fsp3) is 0.250. The van der Waals surface area contributed by atoms with Gasteiger partial charge in [0.2, 0.25) is 0 Å². The summed E-state index contributed by atoms with van der Waals surface area (Å²) in [4.78, 5) is 0. The van der Waals surface area contributed by atoms with Crippen LogP contribution < -0.4 is 10.5 Å². The number of ether oxygens (including phenoxy) is 1. The van der Waals surface area contributed by atoms with E-state index in [2.05, 4.69) is 4.74 Å². The zero-order chi connectivity index (χ0) is 11.6. The molecular formula is C8H6Cl2F3NO. The molecule has 15 heavy (non-hydrogen) atoms. The molecule has 7 heteroatoms. The lowest BCUT2D eigenvalue weighted by molar-refractivity contribution is -0.274. The van der Waals surface area contributed by atoms with E-state index in [1.165, 1.54) is 6.07 Å². The number of anilines is 1. The molecule has 0 aliphatic heterocycles. The van der Waals surface area contributed by atoms with Crippen molar-refractivity contribution >= 4 is 28.9 Å². The molecule has 0 bridgehead atoms. The van der Waals surface area contributed by atoms with Gasteiger partial charge in [0, 0.05) is 5.56 Å². The second-order valence-electron chi connectivity index (χ2n) is 2.63. The molecule has 0 unspecified atom stereocenters. The van der Waals surface area contributed by atoms with E-state index in [0.29, 0.717) is 0 Å². The summed E-state index contributed by atoms with van der Waals surface area (Å²) in [6.45, 7) is 0. The minimum atomic E-state index is -4.78. The number of rotatable bonds is 2. The van der Waals surface area contributed by atoms with Crippen LogP contribution in [0.4, 0.5) is 18.9 Å². The van der Waals surface area contributed by atoms with Gasteiger partial charge in [-0.15, -0.1) is 24.8 Å². The van der Waals surface area contributed by atoms with E-state index < -0.39 is 12.1 Å². The predicted octanol–water partition coefficient (Wildman–Crippen LogP) is 3.56. The van der Waals surface area contributed by atoms with Gasteiger partial charge in [-0.1, -0.05) is 11.6 Å². The van der Waals surface area contributed by atoms with Crippen LogP contribution in [0.25, 0.3) is 0 Å². The SMILES string of the molecule is Nc1ccc(OC(F)(F)F)c(CCl)c1Cl. The molecule has 1 rings (SSSR count). The standard InChI is InChI=1S/C8H6Cl2F3NO/c9-3-4-6(15-8(11,12)13)2-1-5(14)7(4)10/h1-2H,3,14H2. The summed E-state index contributed by atoms with van der Waals surface area (Å²) in [5.41, 5.74) is 5.58. The van der Waals surface area contributed by atoms with Crippen LogP contribution in [-0.2, 0) is 5.88 Å². The normalized spacial score (nSPS) is 11.5.